The normalized spacial score (nSPS) is 9.45. The molecule has 0 fully saturated rings. The fourth-order valence-electron chi connectivity index (χ4n) is 2.41. The molecule has 9 heteroatoms. The van der Waals surface area contributed by atoms with Gasteiger partial charge in [-0.1, -0.05) is 6.07 Å². The number of halogens is 1. The fourth-order valence-corrected chi connectivity index (χ4v) is 2.41. The maximum absolute atomic E-state index is 14.0. The molecule has 29 heavy (non-hydrogen) atoms. The summed E-state index contributed by atoms with van der Waals surface area (Å²) in [6.07, 6.45) is 3.40. The highest BCUT2D eigenvalue weighted by Crippen LogP contribution is 2.18. The average molecular weight is 397 g/mol. The Morgan fingerprint density at radius 2 is 2.00 bits per heavy atom. The van der Waals surface area contributed by atoms with Crippen LogP contribution < -0.4 is 10.6 Å². The number of nitrogens with two attached hydrogens (primary N) is 1. The molecule has 0 atom stereocenters. The van der Waals surface area contributed by atoms with Crippen LogP contribution in [0, 0.1) is 28.0 Å². The molecule has 2 aromatic rings. The van der Waals surface area contributed by atoms with Gasteiger partial charge in [-0.2, -0.15) is 5.26 Å². The number of aromatic nitrogens is 1. The Bertz CT molecular complexity index is 868. The van der Waals surface area contributed by atoms with Crippen LogP contribution in [0.2, 0.25) is 0 Å². The van der Waals surface area contributed by atoms with Crippen molar-refractivity contribution in [2.24, 2.45) is 0 Å². The Hall–Kier alpha value is -3.80. The third-order valence-corrected chi connectivity index (χ3v) is 3.98. The highest BCUT2D eigenvalue weighted by Gasteiger charge is 2.21. The van der Waals surface area contributed by atoms with Gasteiger partial charge in [0.1, 0.15) is 11.6 Å². The number of benzene rings is 1. The van der Waals surface area contributed by atoms with Crippen LogP contribution in [-0.2, 0) is 0 Å². The summed E-state index contributed by atoms with van der Waals surface area (Å²) in [7, 11) is 1.82. The molecule has 0 spiro atoms. The molecule has 8 nitrogen and oxygen atoms in total. The van der Waals surface area contributed by atoms with E-state index in [2.05, 4.69) is 11.1 Å². The molecular weight excluding hydrogens is 373 g/mol. The van der Waals surface area contributed by atoms with Gasteiger partial charge in [0, 0.05) is 51.0 Å². The summed E-state index contributed by atoms with van der Waals surface area (Å²) in [4.78, 5) is 20.2. The molecule has 0 aliphatic heterocycles. The highest BCUT2D eigenvalue weighted by molar-refractivity contribution is 6.12. The minimum Gasteiger partial charge on any atom is -0.398 e. The summed E-state index contributed by atoms with van der Waals surface area (Å²) in [5.74, 6) is -0.432. The molecule has 0 saturated heterocycles. The monoisotopic (exact) mass is 397 g/mol. The quantitative estimate of drug-likeness (QED) is 0.487. The molecule has 0 radical (unpaired) electrons. The van der Waals surface area contributed by atoms with Crippen LogP contribution in [0.15, 0.2) is 36.5 Å². The minimum absolute atomic E-state index is 0.100. The second-order valence-electron chi connectivity index (χ2n) is 5.86. The summed E-state index contributed by atoms with van der Waals surface area (Å²) >= 11 is 0. The van der Waals surface area contributed by atoms with Gasteiger partial charge in [-0.15, -0.1) is 0 Å². The van der Waals surface area contributed by atoms with E-state index in [0.717, 1.165) is 12.4 Å². The van der Waals surface area contributed by atoms with Gasteiger partial charge in [0.15, 0.2) is 0 Å². The number of nitrogens with zero attached hydrogens (tertiary/aromatic N) is 4. The molecule has 2 rings (SSSR count). The number of nitrogens with one attached hydrogen (secondary N) is 2. The zero-order valence-electron chi connectivity index (χ0n) is 16.4. The van der Waals surface area contributed by atoms with E-state index in [1.807, 2.05) is 18.9 Å². The predicted molar refractivity (Wildman–Crippen MR) is 112 cm³/mol. The van der Waals surface area contributed by atoms with Gasteiger partial charge in [-0.3, -0.25) is 4.79 Å². The molecule has 0 aliphatic carbocycles. The van der Waals surface area contributed by atoms with Crippen molar-refractivity contribution in [1.29, 1.82) is 16.1 Å². The molecule has 1 aromatic heterocycles. The number of nitrogen functional groups attached to an aromatic ring is 1. The number of pyridine rings is 1. The smallest absolute Gasteiger partial charge is 0.258 e. The number of hydrogen-bond acceptors (Lipinski definition) is 7. The second kappa shape index (κ2) is 11.8. The Morgan fingerprint density at radius 3 is 2.55 bits per heavy atom. The third kappa shape index (κ3) is 6.70. The minimum atomic E-state index is -0.625. The van der Waals surface area contributed by atoms with Crippen molar-refractivity contribution in [3.05, 3.63) is 53.5 Å². The van der Waals surface area contributed by atoms with Crippen molar-refractivity contribution in [3.63, 3.8) is 0 Å². The van der Waals surface area contributed by atoms with Crippen LogP contribution in [0.5, 0.6) is 0 Å². The lowest BCUT2D eigenvalue weighted by Gasteiger charge is -2.26. The van der Waals surface area contributed by atoms with Gasteiger partial charge in [0.25, 0.3) is 5.91 Å². The van der Waals surface area contributed by atoms with Gasteiger partial charge >= 0.3 is 0 Å². The molecular formula is C20H24FN7O. The summed E-state index contributed by atoms with van der Waals surface area (Å²) in [6.45, 7) is 3.10. The van der Waals surface area contributed by atoms with E-state index >= 15 is 0 Å². The zero-order valence-corrected chi connectivity index (χ0v) is 16.4. The van der Waals surface area contributed by atoms with Crippen molar-refractivity contribution in [1.82, 2.24) is 9.88 Å². The predicted octanol–water partition coefficient (Wildman–Crippen LogP) is 2.56. The highest BCUT2D eigenvalue weighted by atomic mass is 19.1. The van der Waals surface area contributed by atoms with Gasteiger partial charge < -0.3 is 26.4 Å². The van der Waals surface area contributed by atoms with Gasteiger partial charge in [0.2, 0.25) is 0 Å². The Labute approximate surface area is 169 Å². The maximum Gasteiger partial charge on any atom is 0.258 e. The number of carbonyl (C=O) groups is 1. The van der Waals surface area contributed by atoms with Crippen molar-refractivity contribution in [3.8, 4) is 6.07 Å². The molecule has 1 heterocycles. The average Bonchev–Trinajstić information content (AvgIpc) is 2.74. The van der Waals surface area contributed by atoms with Crippen LogP contribution in [-0.4, -0.2) is 54.9 Å². The topological polar surface area (TPSA) is 134 Å². The van der Waals surface area contributed by atoms with Crippen LogP contribution in [0.25, 0.3) is 0 Å². The van der Waals surface area contributed by atoms with E-state index in [4.69, 9.17) is 21.8 Å². The van der Waals surface area contributed by atoms with E-state index in [9.17, 15) is 9.18 Å². The molecule has 0 aliphatic rings. The molecule has 0 unspecified atom stereocenters. The molecule has 1 amide bonds. The van der Waals surface area contributed by atoms with E-state index in [1.54, 1.807) is 18.3 Å². The van der Waals surface area contributed by atoms with E-state index in [0.29, 0.717) is 31.0 Å². The second-order valence-corrected chi connectivity index (χ2v) is 5.86. The molecule has 4 N–H and O–H groups in total. The van der Waals surface area contributed by atoms with Crippen LogP contribution >= 0.6 is 0 Å². The third-order valence-electron chi connectivity index (χ3n) is 3.98. The largest absolute Gasteiger partial charge is 0.398 e. The van der Waals surface area contributed by atoms with Crippen molar-refractivity contribution < 1.29 is 9.18 Å². The standard InChI is InChI=1S/C18H20FN5O.C2H4N2/c1-3-24(18(25)17-14(19)5-4-6-15(17)21)10-9-23(2)16-11-13(12-20)7-8-22-16;3-1-2-4/h4-8,11H,3,9-10,21H2,1-2H3;1-4H. The molecule has 152 valence electrons. The van der Waals surface area contributed by atoms with Crippen molar-refractivity contribution in [2.45, 2.75) is 6.92 Å². The first-order valence-electron chi connectivity index (χ1n) is 8.79. The first kappa shape index (κ1) is 23.2. The summed E-state index contributed by atoms with van der Waals surface area (Å²) < 4.78 is 14.0. The van der Waals surface area contributed by atoms with Crippen LogP contribution in [0.4, 0.5) is 15.9 Å². The summed E-state index contributed by atoms with van der Waals surface area (Å²) in [5.41, 5.74) is 6.29. The first-order valence-corrected chi connectivity index (χ1v) is 8.79. The lowest BCUT2D eigenvalue weighted by molar-refractivity contribution is 0.0765. The Balaban J connectivity index is 0.000000960. The lowest BCUT2D eigenvalue weighted by Crippen LogP contribution is -2.38. The number of hydrogen-bond donors (Lipinski definition) is 3. The maximum atomic E-state index is 14.0. The zero-order chi connectivity index (χ0) is 21.8. The number of anilines is 2. The van der Waals surface area contributed by atoms with Gasteiger partial charge in [0.05, 0.1) is 17.2 Å². The number of rotatable bonds is 7. The van der Waals surface area contributed by atoms with Crippen LogP contribution in [0.1, 0.15) is 22.8 Å². The van der Waals surface area contributed by atoms with Crippen LogP contribution in [0.3, 0.4) is 0 Å². The Morgan fingerprint density at radius 1 is 1.31 bits per heavy atom. The van der Waals surface area contributed by atoms with Gasteiger partial charge in [-0.25, -0.2) is 9.37 Å². The van der Waals surface area contributed by atoms with Crippen molar-refractivity contribution >= 4 is 29.8 Å². The molecule has 1 aromatic carbocycles. The SMILES string of the molecule is CCN(CCN(C)c1cc(C#N)ccn1)C(=O)c1c(N)cccc1F.N=CC=N. The number of nitriles is 1. The van der Waals surface area contributed by atoms with Gasteiger partial charge in [-0.05, 0) is 31.2 Å². The number of likely N-dealkylation sites (N-methyl/N-ethyl adjacent to an activating group) is 2. The summed E-state index contributed by atoms with van der Waals surface area (Å²) in [6, 6.07) is 9.56. The molecule has 0 saturated carbocycles. The van der Waals surface area contributed by atoms with E-state index in [1.165, 1.54) is 23.1 Å². The lowest BCUT2D eigenvalue weighted by atomic mass is 10.1. The number of amides is 1. The van der Waals surface area contributed by atoms with Crippen molar-refractivity contribution in [2.75, 3.05) is 37.3 Å². The number of carbonyl (C=O) groups excluding carboxylic acids is 1. The fraction of sp³-hybridized carbons (Fsp3) is 0.250. The molecule has 0 bridgehead atoms. The summed E-state index contributed by atoms with van der Waals surface area (Å²) in [5, 5.41) is 21.1. The van der Waals surface area contributed by atoms with E-state index < -0.39 is 11.7 Å². The Kier molecular flexibility index (Phi) is 9.47. The first-order chi connectivity index (χ1) is 13.9. The van der Waals surface area contributed by atoms with E-state index in [-0.39, 0.29) is 11.3 Å².